The molecule has 37 heavy (non-hydrogen) atoms. The minimum absolute atomic E-state index is 0. The number of alkyl halides is 3. The maximum Gasteiger partial charge on any atom is 0.418 e. The maximum absolute atomic E-state index is 14.2. The van der Waals surface area contributed by atoms with Gasteiger partial charge in [-0.05, 0) is 37.0 Å². The average molecular weight is 525 g/mol. The molecule has 1 aliphatic heterocycles. The fraction of sp³-hybridized carbons (Fsp3) is 0.483. The van der Waals surface area contributed by atoms with Crippen molar-refractivity contribution >= 4 is 18.0 Å². The molecular formula is C29H40F4N2O2. The lowest BCUT2D eigenvalue weighted by atomic mass is 9.74. The minimum atomic E-state index is -4.93. The Hall–Kier alpha value is -2.87. The van der Waals surface area contributed by atoms with Crippen LogP contribution in [0.5, 0.6) is 5.75 Å². The van der Waals surface area contributed by atoms with Crippen molar-refractivity contribution in [2.45, 2.75) is 72.1 Å². The molecule has 0 saturated carbocycles. The highest BCUT2D eigenvalue weighted by molar-refractivity contribution is 5.89. The molecule has 2 aromatic rings. The Labute approximate surface area is 218 Å². The van der Waals surface area contributed by atoms with Gasteiger partial charge in [-0.25, -0.2) is 4.39 Å². The van der Waals surface area contributed by atoms with Gasteiger partial charge in [0.25, 0.3) is 0 Å². The largest absolute Gasteiger partial charge is 0.493 e. The number of benzene rings is 2. The van der Waals surface area contributed by atoms with Crippen molar-refractivity contribution in [1.82, 2.24) is 0 Å². The SMILES string of the molecule is C.C/C=C\c1c(C=NC)cccc1NCC(O)(CC(C)(C)c1cc(F)cc2c1OCC2)C(F)(F)F.CC. The highest BCUT2D eigenvalue weighted by Crippen LogP contribution is 2.46. The van der Waals surface area contributed by atoms with E-state index in [4.69, 9.17) is 4.74 Å². The van der Waals surface area contributed by atoms with Gasteiger partial charge >= 0.3 is 6.18 Å². The normalized spacial score (nSPS) is 14.9. The smallest absolute Gasteiger partial charge is 0.418 e. The van der Waals surface area contributed by atoms with Crippen LogP contribution >= 0.6 is 0 Å². The molecule has 0 saturated heterocycles. The van der Waals surface area contributed by atoms with Gasteiger partial charge in [0.1, 0.15) is 11.6 Å². The molecule has 0 fully saturated rings. The number of nitrogens with zero attached hydrogens (tertiary/aromatic N) is 1. The van der Waals surface area contributed by atoms with Crippen LogP contribution in [0.4, 0.5) is 23.2 Å². The van der Waals surface area contributed by atoms with Crippen molar-refractivity contribution in [1.29, 1.82) is 0 Å². The van der Waals surface area contributed by atoms with E-state index in [2.05, 4.69) is 10.3 Å². The van der Waals surface area contributed by atoms with Crippen LogP contribution in [-0.4, -0.2) is 43.3 Å². The molecule has 206 valence electrons. The second kappa shape index (κ2) is 13.1. The van der Waals surface area contributed by atoms with Crippen LogP contribution in [0.2, 0.25) is 0 Å². The second-order valence-corrected chi connectivity index (χ2v) is 9.18. The fourth-order valence-corrected chi connectivity index (χ4v) is 4.44. The zero-order valence-electron chi connectivity index (χ0n) is 21.8. The summed E-state index contributed by atoms with van der Waals surface area (Å²) < 4.78 is 62.5. The lowest BCUT2D eigenvalue weighted by molar-refractivity contribution is -0.260. The van der Waals surface area contributed by atoms with Gasteiger partial charge in [-0.3, -0.25) is 4.99 Å². The molecule has 0 bridgehead atoms. The molecule has 1 atom stereocenters. The summed E-state index contributed by atoms with van der Waals surface area (Å²) in [5, 5.41) is 13.7. The Morgan fingerprint density at radius 3 is 2.43 bits per heavy atom. The molecule has 1 heterocycles. The Kier molecular flexibility index (Phi) is 11.4. The quantitative estimate of drug-likeness (QED) is 0.277. The number of aliphatic imine (C=N–C) groups is 1. The molecular weight excluding hydrogens is 484 g/mol. The van der Waals surface area contributed by atoms with Gasteiger partial charge in [0.2, 0.25) is 0 Å². The van der Waals surface area contributed by atoms with E-state index in [1.807, 2.05) is 13.8 Å². The molecule has 0 aromatic heterocycles. The van der Waals surface area contributed by atoms with Gasteiger partial charge in [-0.2, -0.15) is 13.2 Å². The first-order valence-electron chi connectivity index (χ1n) is 12.1. The Balaban J connectivity index is 0.00000223. The van der Waals surface area contributed by atoms with Crippen LogP contribution in [0.3, 0.4) is 0 Å². The lowest BCUT2D eigenvalue weighted by Crippen LogP contribution is -2.53. The zero-order valence-corrected chi connectivity index (χ0v) is 21.8. The van der Waals surface area contributed by atoms with E-state index in [1.165, 1.54) is 12.1 Å². The third-order valence-electron chi connectivity index (χ3n) is 6.05. The van der Waals surface area contributed by atoms with E-state index in [-0.39, 0.29) is 7.43 Å². The van der Waals surface area contributed by atoms with Gasteiger partial charge in [-0.15, -0.1) is 0 Å². The standard InChI is InChI=1S/C26H30F4N2O2.C2H6.CH4/c1-5-7-20-18(14-31-4)8-6-9-22(20)32-16-25(33,26(28,29)30)15-24(2,3)21-13-19(27)12-17-10-11-34-23(17)21;1-2;/h5-9,12-14,32-33H,10-11,15-16H2,1-4H3;1-2H3;1H4/b7-5-,31-14?;;. The third-order valence-corrected chi connectivity index (χ3v) is 6.05. The van der Waals surface area contributed by atoms with Crippen LogP contribution in [0.25, 0.3) is 6.08 Å². The van der Waals surface area contributed by atoms with E-state index in [0.717, 1.165) is 5.56 Å². The summed E-state index contributed by atoms with van der Waals surface area (Å²) in [5.74, 6) is -0.128. The molecule has 8 heteroatoms. The Bertz CT molecular complexity index is 1090. The Morgan fingerprint density at radius 1 is 1.16 bits per heavy atom. The fourth-order valence-electron chi connectivity index (χ4n) is 4.44. The molecule has 1 unspecified atom stereocenters. The van der Waals surface area contributed by atoms with Gasteiger partial charge < -0.3 is 15.2 Å². The number of rotatable bonds is 8. The predicted molar refractivity (Wildman–Crippen MR) is 145 cm³/mol. The number of fused-ring (bicyclic) bond motifs is 1. The first kappa shape index (κ1) is 32.2. The van der Waals surface area contributed by atoms with E-state index < -0.39 is 36.0 Å². The summed E-state index contributed by atoms with van der Waals surface area (Å²) >= 11 is 0. The van der Waals surface area contributed by atoms with Crippen LogP contribution in [0.15, 0.2) is 41.4 Å². The minimum Gasteiger partial charge on any atom is -0.493 e. The summed E-state index contributed by atoms with van der Waals surface area (Å²) in [5.41, 5.74) is -1.54. The van der Waals surface area contributed by atoms with Gasteiger partial charge in [0, 0.05) is 47.6 Å². The third kappa shape index (κ3) is 7.34. The van der Waals surface area contributed by atoms with E-state index in [9.17, 15) is 22.7 Å². The first-order chi connectivity index (χ1) is 16.9. The molecule has 0 radical (unpaired) electrons. The molecule has 0 aliphatic carbocycles. The molecule has 3 rings (SSSR count). The summed E-state index contributed by atoms with van der Waals surface area (Å²) in [6, 6.07) is 7.70. The number of hydrogen-bond donors (Lipinski definition) is 2. The van der Waals surface area contributed by atoms with Crippen molar-refractivity contribution in [2.75, 3.05) is 25.5 Å². The second-order valence-electron chi connectivity index (χ2n) is 9.18. The monoisotopic (exact) mass is 524 g/mol. The zero-order chi connectivity index (χ0) is 27.1. The maximum atomic E-state index is 14.2. The molecule has 2 N–H and O–H groups in total. The molecule has 0 spiro atoms. The molecule has 2 aromatic carbocycles. The topological polar surface area (TPSA) is 53.9 Å². The average Bonchev–Trinajstić information content (AvgIpc) is 3.27. The number of aliphatic hydroxyl groups is 1. The number of allylic oxidation sites excluding steroid dienone is 1. The number of hydrogen-bond acceptors (Lipinski definition) is 4. The van der Waals surface area contributed by atoms with Crippen molar-refractivity contribution in [2.24, 2.45) is 4.99 Å². The van der Waals surface area contributed by atoms with Gasteiger partial charge in [-0.1, -0.05) is 59.4 Å². The number of halogens is 4. The summed E-state index contributed by atoms with van der Waals surface area (Å²) in [4.78, 5) is 4.00. The van der Waals surface area contributed by atoms with Crippen molar-refractivity contribution in [3.8, 4) is 5.75 Å². The number of anilines is 1. The van der Waals surface area contributed by atoms with Crippen molar-refractivity contribution < 1.29 is 27.4 Å². The van der Waals surface area contributed by atoms with Crippen molar-refractivity contribution in [3.63, 3.8) is 0 Å². The van der Waals surface area contributed by atoms with E-state index in [0.29, 0.717) is 41.2 Å². The van der Waals surface area contributed by atoms with Crippen LogP contribution < -0.4 is 10.1 Å². The van der Waals surface area contributed by atoms with Gasteiger partial charge in [0.15, 0.2) is 5.60 Å². The van der Waals surface area contributed by atoms with Gasteiger partial charge in [0.05, 0.1) is 13.2 Å². The molecule has 4 nitrogen and oxygen atoms in total. The number of nitrogens with one attached hydrogen (secondary N) is 1. The summed E-state index contributed by atoms with van der Waals surface area (Å²) in [6.07, 6.45) is 0.0274. The van der Waals surface area contributed by atoms with Crippen LogP contribution in [0, 0.1) is 5.82 Å². The predicted octanol–water partition coefficient (Wildman–Crippen LogP) is 7.58. The Morgan fingerprint density at radius 2 is 1.84 bits per heavy atom. The van der Waals surface area contributed by atoms with Crippen LogP contribution in [-0.2, 0) is 11.8 Å². The van der Waals surface area contributed by atoms with E-state index >= 15 is 0 Å². The van der Waals surface area contributed by atoms with E-state index in [1.54, 1.807) is 64.4 Å². The number of ether oxygens (including phenoxy) is 1. The highest BCUT2D eigenvalue weighted by Gasteiger charge is 2.56. The molecule has 0 amide bonds. The van der Waals surface area contributed by atoms with Crippen molar-refractivity contribution in [3.05, 3.63) is 64.5 Å². The van der Waals surface area contributed by atoms with Crippen LogP contribution in [0.1, 0.15) is 70.7 Å². The lowest BCUT2D eigenvalue weighted by Gasteiger charge is -2.38. The molecule has 1 aliphatic rings. The highest BCUT2D eigenvalue weighted by atomic mass is 19.4. The summed E-state index contributed by atoms with van der Waals surface area (Å²) in [7, 11) is 1.61. The summed E-state index contributed by atoms with van der Waals surface area (Å²) in [6.45, 7) is 8.49. The first-order valence-corrected chi connectivity index (χ1v) is 12.1.